The smallest absolute Gasteiger partial charge is 0.191 e. The highest BCUT2D eigenvalue weighted by Gasteiger charge is 2.01. The van der Waals surface area contributed by atoms with E-state index in [1.54, 1.807) is 6.26 Å². The van der Waals surface area contributed by atoms with Crippen LogP contribution in [0.5, 0.6) is 0 Å². The van der Waals surface area contributed by atoms with Crippen molar-refractivity contribution in [3.05, 3.63) is 59.8 Å². The fourth-order valence-electron chi connectivity index (χ4n) is 2.13. The molecule has 1 heterocycles. The Morgan fingerprint density at radius 1 is 1.08 bits per heavy atom. The first-order chi connectivity index (χ1) is 11.3. The summed E-state index contributed by atoms with van der Waals surface area (Å²) in [6, 6.07) is 10.5. The van der Waals surface area contributed by atoms with Gasteiger partial charge >= 0.3 is 0 Å². The molecule has 0 amide bonds. The molecule has 0 unspecified atom stereocenters. The zero-order valence-electron chi connectivity index (χ0n) is 13.9. The molecule has 132 valence electrons. The van der Waals surface area contributed by atoms with Crippen molar-refractivity contribution in [1.82, 2.24) is 10.6 Å². The van der Waals surface area contributed by atoms with Gasteiger partial charge in [-0.1, -0.05) is 19.1 Å². The van der Waals surface area contributed by atoms with Crippen molar-refractivity contribution in [3.63, 3.8) is 0 Å². The molecular weight excluding hydrogens is 420 g/mol. The molecule has 0 radical (unpaired) electrons. The molecule has 0 saturated carbocycles. The summed E-state index contributed by atoms with van der Waals surface area (Å²) in [5.74, 6) is 1.56. The number of benzene rings is 1. The van der Waals surface area contributed by atoms with Gasteiger partial charge in [0.1, 0.15) is 11.6 Å². The van der Waals surface area contributed by atoms with E-state index in [2.05, 4.69) is 22.5 Å². The molecule has 0 fully saturated rings. The van der Waals surface area contributed by atoms with Crippen LogP contribution in [0.3, 0.4) is 0 Å². The number of rotatable bonds is 8. The van der Waals surface area contributed by atoms with Gasteiger partial charge in [-0.15, -0.1) is 24.0 Å². The van der Waals surface area contributed by atoms with Gasteiger partial charge in [0.05, 0.1) is 6.26 Å². The molecule has 4 nitrogen and oxygen atoms in total. The van der Waals surface area contributed by atoms with Crippen LogP contribution in [0.1, 0.15) is 24.7 Å². The van der Waals surface area contributed by atoms with Crippen LogP contribution in [0.25, 0.3) is 0 Å². The van der Waals surface area contributed by atoms with Gasteiger partial charge in [0.15, 0.2) is 5.96 Å². The molecule has 6 heteroatoms. The lowest BCUT2D eigenvalue weighted by molar-refractivity contribution is 0.506. The molecule has 0 aliphatic carbocycles. The summed E-state index contributed by atoms with van der Waals surface area (Å²) >= 11 is 0. The van der Waals surface area contributed by atoms with Crippen LogP contribution in [-0.4, -0.2) is 25.6 Å². The highest BCUT2D eigenvalue weighted by Crippen LogP contribution is 2.03. The second-order valence-electron chi connectivity index (χ2n) is 5.29. The number of furan rings is 1. The second-order valence-corrected chi connectivity index (χ2v) is 5.29. The van der Waals surface area contributed by atoms with Crippen molar-refractivity contribution >= 4 is 29.9 Å². The number of guanidine groups is 1. The first kappa shape index (κ1) is 20.5. The van der Waals surface area contributed by atoms with Crippen molar-refractivity contribution in [2.45, 2.75) is 26.2 Å². The lowest BCUT2D eigenvalue weighted by atomic mass is 10.1. The van der Waals surface area contributed by atoms with E-state index in [0.717, 1.165) is 56.2 Å². The Labute approximate surface area is 160 Å². The topological polar surface area (TPSA) is 49.6 Å². The Morgan fingerprint density at radius 3 is 2.42 bits per heavy atom. The number of nitrogens with zero attached hydrogens (tertiary/aromatic N) is 1. The molecule has 2 aromatic rings. The third-order valence-electron chi connectivity index (χ3n) is 3.36. The highest BCUT2D eigenvalue weighted by molar-refractivity contribution is 14.0. The monoisotopic (exact) mass is 445 g/mol. The van der Waals surface area contributed by atoms with E-state index >= 15 is 0 Å². The van der Waals surface area contributed by atoms with E-state index in [9.17, 15) is 4.39 Å². The number of halogens is 2. The van der Waals surface area contributed by atoms with Crippen LogP contribution in [-0.2, 0) is 12.8 Å². The van der Waals surface area contributed by atoms with Crippen LogP contribution < -0.4 is 10.6 Å². The van der Waals surface area contributed by atoms with Crippen LogP contribution in [0, 0.1) is 5.82 Å². The molecule has 0 atom stereocenters. The molecule has 1 aromatic heterocycles. The fourth-order valence-corrected chi connectivity index (χ4v) is 2.13. The third-order valence-corrected chi connectivity index (χ3v) is 3.36. The van der Waals surface area contributed by atoms with Gasteiger partial charge in [-0.05, 0) is 42.7 Å². The lowest BCUT2D eigenvalue weighted by Crippen LogP contribution is -2.39. The van der Waals surface area contributed by atoms with Crippen molar-refractivity contribution in [3.8, 4) is 0 Å². The summed E-state index contributed by atoms with van der Waals surface area (Å²) in [6.07, 6.45) is 4.33. The van der Waals surface area contributed by atoms with Gasteiger partial charge in [-0.25, -0.2) is 4.39 Å². The van der Waals surface area contributed by atoms with Crippen molar-refractivity contribution in [1.29, 1.82) is 0 Å². The van der Waals surface area contributed by atoms with E-state index in [0.29, 0.717) is 0 Å². The summed E-state index contributed by atoms with van der Waals surface area (Å²) in [4.78, 5) is 4.51. The van der Waals surface area contributed by atoms with Crippen LogP contribution in [0.15, 0.2) is 52.1 Å². The molecule has 0 saturated heterocycles. The largest absolute Gasteiger partial charge is 0.469 e. The minimum atomic E-state index is -0.202. The Kier molecular flexibility index (Phi) is 10.1. The maximum Gasteiger partial charge on any atom is 0.191 e. The Balaban J connectivity index is 0.00000288. The molecule has 0 aliphatic rings. The van der Waals surface area contributed by atoms with E-state index in [-0.39, 0.29) is 29.8 Å². The van der Waals surface area contributed by atoms with Gasteiger partial charge in [0, 0.05) is 26.1 Å². The normalized spacial score (nSPS) is 11.0. The standard InChI is InChI=1S/C18H24FN3O.HI/c1-2-11-20-18(22-13-10-17-4-3-14-23-17)21-12-9-15-5-7-16(19)8-6-15;/h3-8,14H,2,9-13H2,1H3,(H2,20,21,22);1H. The summed E-state index contributed by atoms with van der Waals surface area (Å²) in [5.41, 5.74) is 1.10. The fraction of sp³-hybridized carbons (Fsp3) is 0.389. The average Bonchev–Trinajstić information content (AvgIpc) is 3.07. The summed E-state index contributed by atoms with van der Waals surface area (Å²) in [6.45, 7) is 4.40. The summed E-state index contributed by atoms with van der Waals surface area (Å²) in [5, 5.41) is 6.62. The Morgan fingerprint density at radius 2 is 1.79 bits per heavy atom. The average molecular weight is 445 g/mol. The predicted molar refractivity (Wildman–Crippen MR) is 107 cm³/mol. The minimum absolute atomic E-state index is 0. The van der Waals surface area contributed by atoms with Crippen LogP contribution in [0.2, 0.25) is 0 Å². The molecule has 2 N–H and O–H groups in total. The first-order valence-electron chi connectivity index (χ1n) is 8.07. The molecule has 2 rings (SSSR count). The second kappa shape index (κ2) is 11.9. The zero-order chi connectivity index (χ0) is 16.3. The first-order valence-corrected chi connectivity index (χ1v) is 8.07. The number of hydrogen-bond donors (Lipinski definition) is 2. The lowest BCUT2D eigenvalue weighted by Gasteiger charge is -2.12. The third kappa shape index (κ3) is 7.81. The van der Waals surface area contributed by atoms with E-state index in [4.69, 9.17) is 4.42 Å². The van der Waals surface area contributed by atoms with Gasteiger partial charge < -0.3 is 15.1 Å². The molecule has 0 spiro atoms. The summed E-state index contributed by atoms with van der Waals surface area (Å²) < 4.78 is 18.2. The maximum atomic E-state index is 12.9. The number of hydrogen-bond acceptors (Lipinski definition) is 2. The molecule has 1 aromatic carbocycles. The predicted octanol–water partition coefficient (Wildman–Crippen LogP) is 3.77. The van der Waals surface area contributed by atoms with Gasteiger partial charge in [0.25, 0.3) is 0 Å². The van der Waals surface area contributed by atoms with Gasteiger partial charge in [-0.3, -0.25) is 4.99 Å². The molecule has 24 heavy (non-hydrogen) atoms. The number of nitrogens with one attached hydrogen (secondary N) is 2. The Hall–Kier alpha value is -1.57. The molecular formula is C18H25FIN3O. The van der Waals surface area contributed by atoms with Crippen molar-refractivity contribution in [2.75, 3.05) is 19.6 Å². The van der Waals surface area contributed by atoms with Crippen LogP contribution >= 0.6 is 24.0 Å². The Bertz CT molecular complexity index is 585. The van der Waals surface area contributed by atoms with E-state index in [1.165, 1.54) is 12.1 Å². The quantitative estimate of drug-likeness (QED) is 0.370. The maximum absolute atomic E-state index is 12.9. The van der Waals surface area contributed by atoms with Gasteiger partial charge in [-0.2, -0.15) is 0 Å². The van der Waals surface area contributed by atoms with E-state index < -0.39 is 0 Å². The van der Waals surface area contributed by atoms with E-state index in [1.807, 2.05) is 24.3 Å². The molecule has 0 bridgehead atoms. The minimum Gasteiger partial charge on any atom is -0.469 e. The highest BCUT2D eigenvalue weighted by atomic mass is 127. The SMILES string of the molecule is CCCN=C(NCCc1ccc(F)cc1)NCCc1ccco1.I. The summed E-state index contributed by atoms with van der Waals surface area (Å²) in [7, 11) is 0. The van der Waals surface area contributed by atoms with Crippen molar-refractivity contribution < 1.29 is 8.81 Å². The van der Waals surface area contributed by atoms with Crippen LogP contribution in [0.4, 0.5) is 4.39 Å². The zero-order valence-corrected chi connectivity index (χ0v) is 16.3. The van der Waals surface area contributed by atoms with Gasteiger partial charge in [0.2, 0.25) is 0 Å². The van der Waals surface area contributed by atoms with Crippen molar-refractivity contribution in [2.24, 2.45) is 4.99 Å². The molecule has 0 aliphatic heterocycles. The number of aliphatic imine (C=N–C) groups is 1.